The molecule has 0 aliphatic carbocycles. The highest BCUT2D eigenvalue weighted by molar-refractivity contribution is 7.89. The first-order valence-electron chi connectivity index (χ1n) is 9.52. The molecule has 0 saturated carbocycles. The van der Waals surface area contributed by atoms with Crippen LogP contribution in [0.4, 0.5) is 5.69 Å². The average Bonchev–Trinajstić information content (AvgIpc) is 2.78. The fourth-order valence-corrected chi connectivity index (χ4v) is 4.68. The minimum Gasteiger partial charge on any atom is -0.497 e. The maximum Gasteiger partial charge on any atom is 0.243 e. The Morgan fingerprint density at radius 2 is 1.87 bits per heavy atom. The Labute approximate surface area is 175 Å². The lowest BCUT2D eigenvalue weighted by molar-refractivity contribution is -0.128. The fraction of sp³-hybridized carbons (Fsp3) is 0.350. The summed E-state index contributed by atoms with van der Waals surface area (Å²) in [7, 11) is -2.10. The third-order valence-electron chi connectivity index (χ3n) is 4.89. The summed E-state index contributed by atoms with van der Waals surface area (Å²) in [6.45, 7) is 0.334. The van der Waals surface area contributed by atoms with Crippen LogP contribution in [0.5, 0.6) is 5.75 Å². The molecule has 0 atom stereocenters. The molecule has 2 amide bonds. The Bertz CT molecular complexity index is 972. The number of benzene rings is 1. The molecular formula is C20H24N4O5S. The van der Waals surface area contributed by atoms with E-state index in [4.69, 9.17) is 4.74 Å². The highest BCUT2D eigenvalue weighted by Gasteiger charge is 2.32. The van der Waals surface area contributed by atoms with E-state index in [9.17, 15) is 18.0 Å². The van der Waals surface area contributed by atoms with Gasteiger partial charge in [0, 0.05) is 25.2 Å². The summed E-state index contributed by atoms with van der Waals surface area (Å²) in [5, 5.41) is 5.26. The van der Waals surface area contributed by atoms with E-state index in [1.54, 1.807) is 30.5 Å². The third-order valence-corrected chi connectivity index (χ3v) is 6.80. The summed E-state index contributed by atoms with van der Waals surface area (Å²) in [5.74, 6) is -0.357. The molecule has 0 bridgehead atoms. The molecule has 160 valence electrons. The molecule has 0 radical (unpaired) electrons. The number of anilines is 1. The first-order valence-corrected chi connectivity index (χ1v) is 11.0. The zero-order valence-corrected chi connectivity index (χ0v) is 17.4. The van der Waals surface area contributed by atoms with Crippen molar-refractivity contribution in [3.05, 3.63) is 48.8 Å². The monoisotopic (exact) mass is 432 g/mol. The second-order valence-corrected chi connectivity index (χ2v) is 8.80. The van der Waals surface area contributed by atoms with Gasteiger partial charge in [0.2, 0.25) is 21.8 Å². The molecule has 3 rings (SSSR count). The highest BCUT2D eigenvalue weighted by Crippen LogP contribution is 2.25. The number of methoxy groups -OCH3 is 1. The smallest absolute Gasteiger partial charge is 0.243 e. The molecule has 9 nitrogen and oxygen atoms in total. The predicted molar refractivity (Wildman–Crippen MR) is 110 cm³/mol. The van der Waals surface area contributed by atoms with Gasteiger partial charge in [-0.1, -0.05) is 0 Å². The molecule has 10 heteroatoms. The number of hydrogen-bond donors (Lipinski definition) is 2. The topological polar surface area (TPSA) is 118 Å². The molecule has 2 N–H and O–H groups in total. The van der Waals surface area contributed by atoms with Gasteiger partial charge in [-0.3, -0.25) is 14.6 Å². The largest absolute Gasteiger partial charge is 0.497 e. The highest BCUT2D eigenvalue weighted by atomic mass is 32.2. The van der Waals surface area contributed by atoms with Gasteiger partial charge < -0.3 is 15.4 Å². The van der Waals surface area contributed by atoms with Crippen LogP contribution < -0.4 is 15.4 Å². The minimum absolute atomic E-state index is 0.155. The standard InChI is InChI=1S/C20H24N4O5S/c1-29-17-4-6-18(7-5-17)30(27,28)24-11-8-15(9-12-24)20(26)22-14-19(25)23-16-3-2-10-21-13-16/h2-7,10,13,15H,8-9,11-12,14H2,1H3,(H,22,26)(H,23,25). The van der Waals surface area contributed by atoms with E-state index in [1.807, 2.05) is 0 Å². The van der Waals surface area contributed by atoms with Gasteiger partial charge in [-0.25, -0.2) is 8.42 Å². The normalized spacial score (nSPS) is 15.4. The van der Waals surface area contributed by atoms with Gasteiger partial charge in [0.25, 0.3) is 0 Å². The molecule has 30 heavy (non-hydrogen) atoms. The number of carbonyl (C=O) groups is 2. The van der Waals surface area contributed by atoms with Crippen molar-refractivity contribution >= 4 is 27.5 Å². The molecule has 1 aliphatic rings. The van der Waals surface area contributed by atoms with E-state index in [-0.39, 0.29) is 42.3 Å². The van der Waals surface area contributed by atoms with Crippen LogP contribution >= 0.6 is 0 Å². The van der Waals surface area contributed by atoms with E-state index in [0.29, 0.717) is 24.3 Å². The van der Waals surface area contributed by atoms with Crippen molar-refractivity contribution < 1.29 is 22.7 Å². The van der Waals surface area contributed by atoms with Crippen LogP contribution in [0.25, 0.3) is 0 Å². The molecule has 0 spiro atoms. The van der Waals surface area contributed by atoms with Gasteiger partial charge in [-0.15, -0.1) is 0 Å². The van der Waals surface area contributed by atoms with E-state index in [0.717, 1.165) is 0 Å². The van der Waals surface area contributed by atoms with Crippen molar-refractivity contribution in [2.75, 3.05) is 32.1 Å². The molecule has 0 unspecified atom stereocenters. The molecule has 1 aromatic carbocycles. The first kappa shape index (κ1) is 21.7. The summed E-state index contributed by atoms with van der Waals surface area (Å²) >= 11 is 0. The number of nitrogens with one attached hydrogen (secondary N) is 2. The van der Waals surface area contributed by atoms with Crippen molar-refractivity contribution in [3.8, 4) is 5.75 Å². The number of sulfonamides is 1. The number of amides is 2. The molecule has 1 fully saturated rings. The Balaban J connectivity index is 1.48. The maximum absolute atomic E-state index is 12.8. The van der Waals surface area contributed by atoms with Gasteiger partial charge in [0.15, 0.2) is 0 Å². The Kier molecular flexibility index (Phi) is 7.01. The molecular weight excluding hydrogens is 408 g/mol. The van der Waals surface area contributed by atoms with Crippen molar-refractivity contribution in [2.24, 2.45) is 5.92 Å². The zero-order valence-electron chi connectivity index (χ0n) is 16.6. The first-order chi connectivity index (χ1) is 14.4. The lowest BCUT2D eigenvalue weighted by Crippen LogP contribution is -2.44. The van der Waals surface area contributed by atoms with Crippen LogP contribution in [-0.2, 0) is 19.6 Å². The van der Waals surface area contributed by atoms with Gasteiger partial charge in [0.1, 0.15) is 5.75 Å². The Hall–Kier alpha value is -2.98. The lowest BCUT2D eigenvalue weighted by atomic mass is 9.97. The molecule has 1 saturated heterocycles. The molecule has 2 aromatic rings. The van der Waals surface area contributed by atoms with Gasteiger partial charge >= 0.3 is 0 Å². The van der Waals surface area contributed by atoms with E-state index < -0.39 is 10.0 Å². The number of rotatable bonds is 7. The SMILES string of the molecule is COc1ccc(S(=O)(=O)N2CCC(C(=O)NCC(=O)Nc3cccnc3)CC2)cc1. The summed E-state index contributed by atoms with van der Waals surface area (Å²) in [6.07, 6.45) is 3.90. The van der Waals surface area contributed by atoms with E-state index in [1.165, 1.54) is 29.7 Å². The second kappa shape index (κ2) is 9.68. The van der Waals surface area contributed by atoms with Crippen LogP contribution in [0.1, 0.15) is 12.8 Å². The quantitative estimate of drug-likeness (QED) is 0.680. The van der Waals surface area contributed by atoms with Crippen LogP contribution in [0.15, 0.2) is 53.7 Å². The predicted octanol–water partition coefficient (Wildman–Crippen LogP) is 1.25. The number of piperidine rings is 1. The van der Waals surface area contributed by atoms with E-state index >= 15 is 0 Å². The average molecular weight is 433 g/mol. The number of ether oxygens (including phenoxy) is 1. The summed E-state index contributed by atoms with van der Waals surface area (Å²) in [6, 6.07) is 9.61. The van der Waals surface area contributed by atoms with Gasteiger partial charge in [0.05, 0.1) is 30.4 Å². The van der Waals surface area contributed by atoms with Crippen LogP contribution in [0.2, 0.25) is 0 Å². The Morgan fingerprint density at radius 1 is 1.17 bits per heavy atom. The van der Waals surface area contributed by atoms with Crippen molar-refractivity contribution in [3.63, 3.8) is 0 Å². The third kappa shape index (κ3) is 5.33. The van der Waals surface area contributed by atoms with E-state index in [2.05, 4.69) is 15.6 Å². The van der Waals surface area contributed by atoms with Crippen LogP contribution in [-0.4, -0.2) is 56.3 Å². The minimum atomic E-state index is -3.62. The molecule has 2 heterocycles. The van der Waals surface area contributed by atoms with Gasteiger partial charge in [-0.2, -0.15) is 4.31 Å². The fourth-order valence-electron chi connectivity index (χ4n) is 3.21. The maximum atomic E-state index is 12.8. The number of aromatic nitrogens is 1. The number of pyridine rings is 1. The Morgan fingerprint density at radius 3 is 2.47 bits per heavy atom. The molecule has 1 aromatic heterocycles. The van der Waals surface area contributed by atoms with Crippen molar-refractivity contribution in [1.29, 1.82) is 0 Å². The summed E-state index contributed by atoms with van der Waals surface area (Å²) in [5.41, 5.74) is 0.550. The number of nitrogens with zero attached hydrogens (tertiary/aromatic N) is 2. The summed E-state index contributed by atoms with van der Waals surface area (Å²) < 4.78 is 32.0. The van der Waals surface area contributed by atoms with Crippen LogP contribution in [0.3, 0.4) is 0 Å². The second-order valence-electron chi connectivity index (χ2n) is 6.86. The molecule has 1 aliphatic heterocycles. The van der Waals surface area contributed by atoms with Gasteiger partial charge in [-0.05, 0) is 49.2 Å². The zero-order chi connectivity index (χ0) is 21.6. The van der Waals surface area contributed by atoms with Crippen LogP contribution in [0, 0.1) is 5.92 Å². The summed E-state index contributed by atoms with van der Waals surface area (Å²) in [4.78, 5) is 28.4. The number of carbonyl (C=O) groups excluding carboxylic acids is 2. The van der Waals surface area contributed by atoms with Crippen molar-refractivity contribution in [2.45, 2.75) is 17.7 Å². The lowest BCUT2D eigenvalue weighted by Gasteiger charge is -2.30. The van der Waals surface area contributed by atoms with Crippen molar-refractivity contribution in [1.82, 2.24) is 14.6 Å². The number of hydrogen-bond acceptors (Lipinski definition) is 6.